The first kappa shape index (κ1) is 13.4. The van der Waals surface area contributed by atoms with E-state index in [1.165, 1.54) is 11.8 Å². The van der Waals surface area contributed by atoms with Gasteiger partial charge in [0, 0.05) is 11.1 Å². The minimum atomic E-state index is -1.05. The SMILES string of the molecule is O=C(O)c1c(Cl)cccc1Sc1ncccc1Br. The molecule has 92 valence electrons. The van der Waals surface area contributed by atoms with Crippen LogP contribution < -0.4 is 0 Å². The molecule has 0 fully saturated rings. The van der Waals surface area contributed by atoms with Crippen LogP contribution in [0, 0.1) is 0 Å². The van der Waals surface area contributed by atoms with Gasteiger partial charge in [0.15, 0.2) is 0 Å². The first-order valence-electron chi connectivity index (χ1n) is 4.90. The Labute approximate surface area is 121 Å². The van der Waals surface area contributed by atoms with Crippen molar-refractivity contribution in [1.82, 2.24) is 4.98 Å². The van der Waals surface area contributed by atoms with Crippen molar-refractivity contribution in [3.8, 4) is 0 Å². The number of rotatable bonds is 3. The van der Waals surface area contributed by atoms with E-state index in [0.29, 0.717) is 9.92 Å². The molecule has 0 aliphatic rings. The molecule has 1 aromatic carbocycles. The lowest BCUT2D eigenvalue weighted by molar-refractivity contribution is 0.0693. The number of pyridine rings is 1. The summed E-state index contributed by atoms with van der Waals surface area (Å²) >= 11 is 10.5. The average molecular weight is 345 g/mol. The number of hydrogen-bond acceptors (Lipinski definition) is 3. The van der Waals surface area contributed by atoms with Crippen molar-refractivity contribution in [2.45, 2.75) is 9.92 Å². The maximum absolute atomic E-state index is 11.2. The molecular weight excluding hydrogens is 338 g/mol. The summed E-state index contributed by atoms with van der Waals surface area (Å²) in [5.74, 6) is -1.05. The van der Waals surface area contributed by atoms with E-state index in [4.69, 9.17) is 16.7 Å². The molecule has 0 saturated carbocycles. The van der Waals surface area contributed by atoms with Crippen LogP contribution in [0.3, 0.4) is 0 Å². The highest BCUT2D eigenvalue weighted by atomic mass is 79.9. The van der Waals surface area contributed by atoms with Crippen LogP contribution in [0.4, 0.5) is 0 Å². The minimum absolute atomic E-state index is 0.0988. The van der Waals surface area contributed by atoms with Crippen molar-refractivity contribution < 1.29 is 9.90 Å². The zero-order valence-electron chi connectivity index (χ0n) is 8.93. The predicted molar refractivity (Wildman–Crippen MR) is 74.5 cm³/mol. The highest BCUT2D eigenvalue weighted by Crippen LogP contribution is 2.35. The number of carbonyl (C=O) groups is 1. The lowest BCUT2D eigenvalue weighted by atomic mass is 10.2. The molecule has 2 aromatic rings. The molecule has 0 radical (unpaired) electrons. The van der Waals surface area contributed by atoms with Gasteiger partial charge >= 0.3 is 5.97 Å². The maximum Gasteiger partial charge on any atom is 0.338 e. The topological polar surface area (TPSA) is 50.2 Å². The summed E-state index contributed by atoms with van der Waals surface area (Å²) < 4.78 is 0.811. The van der Waals surface area contributed by atoms with Gasteiger partial charge in [-0.3, -0.25) is 0 Å². The minimum Gasteiger partial charge on any atom is -0.478 e. The van der Waals surface area contributed by atoms with Gasteiger partial charge in [-0.15, -0.1) is 0 Å². The number of hydrogen-bond donors (Lipinski definition) is 1. The predicted octanol–water partition coefficient (Wildman–Crippen LogP) is 4.35. The highest BCUT2D eigenvalue weighted by molar-refractivity contribution is 9.10. The van der Waals surface area contributed by atoms with Crippen LogP contribution in [0.15, 0.2) is 50.9 Å². The summed E-state index contributed by atoms with van der Waals surface area (Å²) in [6.45, 7) is 0. The van der Waals surface area contributed by atoms with E-state index in [0.717, 1.165) is 4.47 Å². The Bertz CT molecular complexity index is 606. The summed E-state index contributed by atoms with van der Waals surface area (Å²) in [5, 5.41) is 10.1. The summed E-state index contributed by atoms with van der Waals surface area (Å²) in [7, 11) is 0. The van der Waals surface area contributed by atoms with Gasteiger partial charge in [-0.05, 0) is 40.2 Å². The molecule has 18 heavy (non-hydrogen) atoms. The Morgan fingerprint density at radius 3 is 2.78 bits per heavy atom. The molecule has 1 aromatic heterocycles. The fourth-order valence-electron chi connectivity index (χ4n) is 1.35. The lowest BCUT2D eigenvalue weighted by Crippen LogP contribution is -2.00. The molecule has 0 unspecified atom stereocenters. The molecule has 0 bridgehead atoms. The van der Waals surface area contributed by atoms with Gasteiger partial charge in [-0.2, -0.15) is 0 Å². The van der Waals surface area contributed by atoms with Crippen molar-refractivity contribution in [3.63, 3.8) is 0 Å². The monoisotopic (exact) mass is 343 g/mol. The normalized spacial score (nSPS) is 10.3. The van der Waals surface area contributed by atoms with Crippen LogP contribution in [0.25, 0.3) is 0 Å². The van der Waals surface area contributed by atoms with Crippen LogP contribution >= 0.6 is 39.3 Å². The van der Waals surface area contributed by atoms with Crippen LogP contribution in [0.2, 0.25) is 5.02 Å². The molecule has 0 spiro atoms. The van der Waals surface area contributed by atoms with Crippen LogP contribution in [0.5, 0.6) is 0 Å². The molecule has 6 heteroatoms. The zero-order chi connectivity index (χ0) is 13.1. The second-order valence-electron chi connectivity index (χ2n) is 3.31. The van der Waals surface area contributed by atoms with Crippen LogP contribution in [0.1, 0.15) is 10.4 Å². The Balaban J connectivity index is 2.44. The van der Waals surface area contributed by atoms with Gasteiger partial charge in [0.05, 0.1) is 15.1 Å². The second kappa shape index (κ2) is 5.73. The molecule has 0 saturated heterocycles. The van der Waals surface area contributed by atoms with Crippen molar-refractivity contribution in [3.05, 3.63) is 51.6 Å². The number of aromatic nitrogens is 1. The smallest absolute Gasteiger partial charge is 0.338 e. The van der Waals surface area contributed by atoms with Crippen molar-refractivity contribution in [2.24, 2.45) is 0 Å². The summed E-state index contributed by atoms with van der Waals surface area (Å²) in [6.07, 6.45) is 1.65. The third-order valence-corrected chi connectivity index (χ3v) is 4.42. The van der Waals surface area contributed by atoms with E-state index in [9.17, 15) is 4.79 Å². The molecule has 0 atom stereocenters. The van der Waals surface area contributed by atoms with Gasteiger partial charge in [-0.1, -0.05) is 29.4 Å². The molecule has 1 N–H and O–H groups in total. The van der Waals surface area contributed by atoms with E-state index in [2.05, 4.69) is 20.9 Å². The molecule has 0 amide bonds. The van der Waals surface area contributed by atoms with Crippen LogP contribution in [-0.2, 0) is 0 Å². The first-order valence-corrected chi connectivity index (χ1v) is 6.88. The Morgan fingerprint density at radius 1 is 1.33 bits per heavy atom. The van der Waals surface area contributed by atoms with E-state index in [1.54, 1.807) is 30.5 Å². The van der Waals surface area contributed by atoms with E-state index >= 15 is 0 Å². The quantitative estimate of drug-likeness (QED) is 0.899. The third-order valence-electron chi connectivity index (χ3n) is 2.12. The molecule has 1 heterocycles. The standard InChI is InChI=1S/C12H7BrClNO2S/c13-7-3-2-6-15-11(7)18-9-5-1-4-8(14)10(9)12(16)17/h1-6H,(H,16,17). The molecule has 0 aliphatic heterocycles. The van der Waals surface area contributed by atoms with Crippen molar-refractivity contribution in [2.75, 3.05) is 0 Å². The van der Waals surface area contributed by atoms with Gasteiger partial charge in [0.1, 0.15) is 5.03 Å². The number of carboxylic acids is 1. The number of halogens is 2. The fourth-order valence-corrected chi connectivity index (χ4v) is 3.09. The summed E-state index contributed by atoms with van der Waals surface area (Å²) in [6, 6.07) is 8.63. The summed E-state index contributed by atoms with van der Waals surface area (Å²) in [5.41, 5.74) is 0.0988. The van der Waals surface area contributed by atoms with Crippen molar-refractivity contribution in [1.29, 1.82) is 0 Å². The number of benzene rings is 1. The Hall–Kier alpha value is -1.04. The highest BCUT2D eigenvalue weighted by Gasteiger charge is 2.16. The zero-order valence-corrected chi connectivity index (χ0v) is 12.1. The third kappa shape index (κ3) is 2.85. The largest absolute Gasteiger partial charge is 0.478 e. The molecule has 0 aliphatic carbocycles. The van der Waals surface area contributed by atoms with Crippen molar-refractivity contribution >= 4 is 45.3 Å². The molecule has 2 rings (SSSR count). The van der Waals surface area contributed by atoms with Gasteiger partial charge in [0.2, 0.25) is 0 Å². The van der Waals surface area contributed by atoms with Gasteiger partial charge in [0.25, 0.3) is 0 Å². The number of aromatic carboxylic acids is 1. The second-order valence-corrected chi connectivity index (χ2v) is 5.60. The Kier molecular flexibility index (Phi) is 4.27. The average Bonchev–Trinajstić information content (AvgIpc) is 2.31. The maximum atomic E-state index is 11.2. The number of carboxylic acid groups (broad SMARTS) is 1. The fraction of sp³-hybridized carbons (Fsp3) is 0. The van der Waals surface area contributed by atoms with Crippen LogP contribution in [-0.4, -0.2) is 16.1 Å². The molecule has 3 nitrogen and oxygen atoms in total. The Morgan fingerprint density at radius 2 is 2.11 bits per heavy atom. The van der Waals surface area contributed by atoms with Gasteiger partial charge < -0.3 is 5.11 Å². The van der Waals surface area contributed by atoms with E-state index in [1.807, 2.05) is 6.07 Å². The van der Waals surface area contributed by atoms with Gasteiger partial charge in [-0.25, -0.2) is 9.78 Å². The number of nitrogens with zero attached hydrogens (tertiary/aromatic N) is 1. The van der Waals surface area contributed by atoms with E-state index in [-0.39, 0.29) is 10.6 Å². The van der Waals surface area contributed by atoms with E-state index < -0.39 is 5.97 Å². The first-order chi connectivity index (χ1) is 8.59. The molecular formula is C12H7BrClNO2S. The lowest BCUT2D eigenvalue weighted by Gasteiger charge is -2.07. The summed E-state index contributed by atoms with van der Waals surface area (Å²) in [4.78, 5) is 15.9.